The molecule has 15 heavy (non-hydrogen) atoms. The second-order valence-electron chi connectivity index (χ2n) is 4.69. The summed E-state index contributed by atoms with van der Waals surface area (Å²) in [4.78, 5) is 12.9. The number of hydrogen-bond donors (Lipinski definition) is 1. The average molecular weight is 213 g/mol. The molecular weight excluding hydrogens is 190 g/mol. The van der Waals surface area contributed by atoms with E-state index in [2.05, 4.69) is 18.7 Å². The highest BCUT2D eigenvalue weighted by molar-refractivity contribution is 5.66. The van der Waals surface area contributed by atoms with Gasteiger partial charge in [0.15, 0.2) is 0 Å². The van der Waals surface area contributed by atoms with Crippen LogP contribution in [0.3, 0.4) is 0 Å². The highest BCUT2D eigenvalue weighted by Gasteiger charge is 2.22. The molecule has 1 N–H and O–H groups in total. The monoisotopic (exact) mass is 213 g/mol. The van der Waals surface area contributed by atoms with E-state index >= 15 is 0 Å². The molecule has 1 rings (SSSR count). The minimum atomic E-state index is -0.675. The van der Waals surface area contributed by atoms with E-state index in [1.807, 2.05) is 0 Å². The Morgan fingerprint density at radius 2 is 2.33 bits per heavy atom. The predicted molar refractivity (Wildman–Crippen MR) is 60.9 cm³/mol. The van der Waals surface area contributed by atoms with Crippen LogP contribution in [-0.4, -0.2) is 35.1 Å². The van der Waals surface area contributed by atoms with Gasteiger partial charge in [-0.1, -0.05) is 13.3 Å². The maximum atomic E-state index is 10.5. The van der Waals surface area contributed by atoms with Gasteiger partial charge in [-0.2, -0.15) is 0 Å². The van der Waals surface area contributed by atoms with Crippen molar-refractivity contribution < 1.29 is 9.90 Å². The number of likely N-dealkylation sites (tertiary alicyclic amines) is 1. The van der Waals surface area contributed by atoms with Crippen LogP contribution in [0.1, 0.15) is 46.0 Å². The van der Waals surface area contributed by atoms with Gasteiger partial charge < -0.3 is 10.0 Å². The lowest BCUT2D eigenvalue weighted by molar-refractivity contribution is -0.137. The Balaban J connectivity index is 2.31. The molecule has 0 saturated carbocycles. The molecule has 0 aromatic heterocycles. The number of piperidine rings is 1. The van der Waals surface area contributed by atoms with Gasteiger partial charge in [-0.15, -0.1) is 0 Å². The molecule has 3 nitrogen and oxygen atoms in total. The third-order valence-corrected chi connectivity index (χ3v) is 3.53. The van der Waals surface area contributed by atoms with E-state index in [0.29, 0.717) is 12.5 Å². The topological polar surface area (TPSA) is 40.5 Å². The first-order chi connectivity index (χ1) is 7.13. The number of hydrogen-bond acceptors (Lipinski definition) is 2. The fourth-order valence-corrected chi connectivity index (χ4v) is 2.35. The Labute approximate surface area is 92.5 Å². The largest absolute Gasteiger partial charge is 0.481 e. The zero-order valence-electron chi connectivity index (χ0n) is 9.91. The molecule has 88 valence electrons. The van der Waals surface area contributed by atoms with Gasteiger partial charge in [0.05, 0.1) is 0 Å². The third-order valence-electron chi connectivity index (χ3n) is 3.53. The van der Waals surface area contributed by atoms with Crippen molar-refractivity contribution in [3.8, 4) is 0 Å². The summed E-state index contributed by atoms with van der Waals surface area (Å²) in [5, 5.41) is 8.64. The molecule has 0 bridgehead atoms. The summed E-state index contributed by atoms with van der Waals surface area (Å²) in [6, 6.07) is 0.426. The van der Waals surface area contributed by atoms with Crippen molar-refractivity contribution in [2.45, 2.75) is 52.0 Å². The van der Waals surface area contributed by atoms with E-state index in [9.17, 15) is 4.79 Å². The van der Waals surface area contributed by atoms with Crippen molar-refractivity contribution in [2.75, 3.05) is 13.1 Å². The van der Waals surface area contributed by atoms with E-state index in [1.54, 1.807) is 0 Å². The van der Waals surface area contributed by atoms with Crippen molar-refractivity contribution in [3.05, 3.63) is 0 Å². The van der Waals surface area contributed by atoms with Crippen LogP contribution in [0, 0.1) is 5.92 Å². The number of carboxylic acid groups (broad SMARTS) is 1. The van der Waals surface area contributed by atoms with E-state index in [1.165, 1.54) is 19.3 Å². The second-order valence-corrected chi connectivity index (χ2v) is 4.69. The summed E-state index contributed by atoms with van der Waals surface area (Å²) in [6.45, 7) is 6.71. The van der Waals surface area contributed by atoms with E-state index in [-0.39, 0.29) is 0 Å². The molecule has 0 aliphatic carbocycles. The standard InChI is InChI=1S/C12H23NO2/c1-3-11-5-4-8-13(9-11)10(2)6-7-12(14)15/h10-11H,3-9H2,1-2H3,(H,14,15). The molecule has 2 atom stereocenters. The Morgan fingerprint density at radius 1 is 1.60 bits per heavy atom. The van der Waals surface area contributed by atoms with Crippen LogP contribution in [0.4, 0.5) is 0 Å². The first kappa shape index (κ1) is 12.5. The SMILES string of the molecule is CCC1CCCN(C(C)CCC(=O)O)C1. The van der Waals surface area contributed by atoms with Gasteiger partial charge in [-0.25, -0.2) is 0 Å². The first-order valence-electron chi connectivity index (χ1n) is 6.09. The molecule has 0 spiro atoms. The number of carbonyl (C=O) groups is 1. The van der Waals surface area contributed by atoms with Gasteiger partial charge in [0.1, 0.15) is 0 Å². The molecule has 0 amide bonds. The van der Waals surface area contributed by atoms with Gasteiger partial charge in [0, 0.05) is 19.0 Å². The lowest BCUT2D eigenvalue weighted by Crippen LogP contribution is -2.41. The van der Waals surface area contributed by atoms with E-state index in [0.717, 1.165) is 25.4 Å². The van der Waals surface area contributed by atoms with Crippen LogP contribution in [0.2, 0.25) is 0 Å². The van der Waals surface area contributed by atoms with Crippen LogP contribution in [-0.2, 0) is 4.79 Å². The van der Waals surface area contributed by atoms with Crippen LogP contribution < -0.4 is 0 Å². The second kappa shape index (κ2) is 6.11. The summed E-state index contributed by atoms with van der Waals surface area (Å²) in [7, 11) is 0. The van der Waals surface area contributed by atoms with Crippen molar-refractivity contribution in [2.24, 2.45) is 5.92 Å². The molecule has 1 aliphatic heterocycles. The fourth-order valence-electron chi connectivity index (χ4n) is 2.35. The molecular formula is C12H23NO2. The minimum absolute atomic E-state index is 0.300. The molecule has 2 unspecified atom stereocenters. The van der Waals surface area contributed by atoms with E-state index in [4.69, 9.17) is 5.11 Å². The Morgan fingerprint density at radius 3 is 2.93 bits per heavy atom. The smallest absolute Gasteiger partial charge is 0.303 e. The summed E-state index contributed by atoms with van der Waals surface area (Å²) < 4.78 is 0. The summed E-state index contributed by atoms with van der Waals surface area (Å²) in [5.41, 5.74) is 0. The molecule has 1 aliphatic rings. The molecule has 1 saturated heterocycles. The van der Waals surface area contributed by atoms with Gasteiger partial charge in [-0.3, -0.25) is 4.79 Å². The summed E-state index contributed by atoms with van der Waals surface area (Å²) in [6.07, 6.45) is 4.96. The number of nitrogens with zero attached hydrogens (tertiary/aromatic N) is 1. The fraction of sp³-hybridized carbons (Fsp3) is 0.917. The van der Waals surface area contributed by atoms with Crippen molar-refractivity contribution in [1.29, 1.82) is 0 Å². The van der Waals surface area contributed by atoms with Crippen molar-refractivity contribution in [3.63, 3.8) is 0 Å². The van der Waals surface area contributed by atoms with Crippen molar-refractivity contribution >= 4 is 5.97 Å². The maximum absolute atomic E-state index is 10.5. The molecule has 0 radical (unpaired) electrons. The van der Waals surface area contributed by atoms with Crippen molar-refractivity contribution in [1.82, 2.24) is 4.90 Å². The van der Waals surface area contributed by atoms with Gasteiger partial charge >= 0.3 is 5.97 Å². The first-order valence-corrected chi connectivity index (χ1v) is 6.09. The lowest BCUT2D eigenvalue weighted by atomic mass is 9.94. The highest BCUT2D eigenvalue weighted by Crippen LogP contribution is 2.22. The Kier molecular flexibility index (Phi) is 5.09. The van der Waals surface area contributed by atoms with Gasteiger partial charge in [-0.05, 0) is 38.6 Å². The zero-order valence-corrected chi connectivity index (χ0v) is 9.91. The maximum Gasteiger partial charge on any atom is 0.303 e. The van der Waals surface area contributed by atoms with Gasteiger partial charge in [0.2, 0.25) is 0 Å². The number of aliphatic carboxylic acids is 1. The Hall–Kier alpha value is -0.570. The van der Waals surface area contributed by atoms with Crippen LogP contribution in [0.25, 0.3) is 0 Å². The normalized spacial score (nSPS) is 25.1. The van der Waals surface area contributed by atoms with E-state index < -0.39 is 5.97 Å². The molecule has 0 aromatic rings. The zero-order chi connectivity index (χ0) is 11.3. The molecule has 3 heteroatoms. The molecule has 1 fully saturated rings. The quantitative estimate of drug-likeness (QED) is 0.762. The third kappa shape index (κ3) is 4.20. The van der Waals surface area contributed by atoms with Gasteiger partial charge in [0.25, 0.3) is 0 Å². The van der Waals surface area contributed by atoms with Crippen LogP contribution in [0.5, 0.6) is 0 Å². The molecule has 1 heterocycles. The highest BCUT2D eigenvalue weighted by atomic mass is 16.4. The molecule has 0 aromatic carbocycles. The average Bonchev–Trinajstić information content (AvgIpc) is 2.26. The minimum Gasteiger partial charge on any atom is -0.481 e. The lowest BCUT2D eigenvalue weighted by Gasteiger charge is -2.36. The predicted octanol–water partition coefficient (Wildman–Crippen LogP) is 2.36. The van der Waals surface area contributed by atoms with Crippen LogP contribution in [0.15, 0.2) is 0 Å². The number of carboxylic acids is 1. The van der Waals surface area contributed by atoms with Crippen LogP contribution >= 0.6 is 0 Å². The summed E-state index contributed by atoms with van der Waals surface area (Å²) >= 11 is 0. The Bertz CT molecular complexity index is 206. The number of rotatable bonds is 5. The summed E-state index contributed by atoms with van der Waals surface area (Å²) in [5.74, 6) is 0.150.